The number of rotatable bonds is 7. The van der Waals surface area contributed by atoms with E-state index in [1.165, 1.54) is 32.1 Å². The maximum absolute atomic E-state index is 11.1. The third-order valence-electron chi connectivity index (χ3n) is 6.38. The Morgan fingerprint density at radius 3 is 2.17 bits per heavy atom. The van der Waals surface area contributed by atoms with Gasteiger partial charge < -0.3 is 24.3 Å². The molecule has 3 aromatic carbocycles. The first kappa shape index (κ1) is 33.4. The molecule has 0 bridgehead atoms. The number of aliphatic hydroxyl groups is 1. The highest BCUT2D eigenvalue weighted by Gasteiger charge is 2.11. The number of thiophene rings is 1. The number of nitrogens with one attached hydrogen (secondary N) is 1. The van der Waals surface area contributed by atoms with E-state index in [1.807, 2.05) is 43.5 Å². The first-order chi connectivity index (χ1) is 19.2. The van der Waals surface area contributed by atoms with Crippen molar-refractivity contribution < 1.29 is 24.1 Å². The fourth-order valence-corrected chi connectivity index (χ4v) is 5.23. The van der Waals surface area contributed by atoms with Crippen molar-refractivity contribution in [3.05, 3.63) is 88.4 Å². The average Bonchev–Trinajstić information content (AvgIpc) is 3.57. The maximum atomic E-state index is 11.1. The van der Waals surface area contributed by atoms with Crippen LogP contribution in [0.1, 0.15) is 47.6 Å². The Morgan fingerprint density at radius 2 is 1.59 bits per heavy atom. The second kappa shape index (κ2) is 15.8. The zero-order valence-electron chi connectivity index (χ0n) is 24.3. The number of methoxy groups -OCH3 is 3. The zero-order valence-corrected chi connectivity index (χ0v) is 25.1. The molecule has 7 heteroatoms. The fourth-order valence-electron chi connectivity index (χ4n) is 4.29. The van der Waals surface area contributed by atoms with Crippen LogP contribution in [-0.4, -0.2) is 43.8 Å². The Bertz CT molecular complexity index is 1530. The number of fused-ring (bicyclic) bond motifs is 2. The van der Waals surface area contributed by atoms with Crippen LogP contribution in [0, 0.1) is 19.8 Å². The number of para-hydroxylation sites is 1. The fraction of sp³-hybridized carbons (Fsp3) is 0.324. The monoisotopic (exact) mass is 577 g/mol. The Morgan fingerprint density at radius 1 is 0.927 bits per heavy atom. The molecule has 0 aliphatic carbocycles. The molecule has 0 amide bonds. The van der Waals surface area contributed by atoms with Crippen LogP contribution in [0.5, 0.6) is 17.2 Å². The van der Waals surface area contributed by atoms with Gasteiger partial charge in [-0.05, 0) is 80.0 Å². The van der Waals surface area contributed by atoms with Gasteiger partial charge in [-0.3, -0.25) is 4.79 Å². The number of aryl methyl sites for hydroxylation is 2. The SMILES string of the molecule is C.CC(=O)c1cc2cc(C)ccc2s1.CC(CO)Cc1c[nH]c2ccccc12.COc1cc(C)cc(OC)c1OC. The summed E-state index contributed by atoms with van der Waals surface area (Å²) < 4.78 is 16.7. The quantitative estimate of drug-likeness (QED) is 0.190. The van der Waals surface area contributed by atoms with Gasteiger partial charge in [0, 0.05) is 28.4 Å². The third-order valence-corrected chi connectivity index (χ3v) is 7.60. The summed E-state index contributed by atoms with van der Waals surface area (Å²) in [6.45, 7) is 7.95. The molecule has 0 radical (unpaired) electrons. The van der Waals surface area contributed by atoms with Crippen LogP contribution < -0.4 is 14.2 Å². The van der Waals surface area contributed by atoms with Crippen LogP contribution in [0.4, 0.5) is 0 Å². The first-order valence-electron chi connectivity index (χ1n) is 13.1. The van der Waals surface area contributed by atoms with Gasteiger partial charge >= 0.3 is 0 Å². The maximum Gasteiger partial charge on any atom is 0.203 e. The molecule has 2 aromatic heterocycles. The highest BCUT2D eigenvalue weighted by atomic mass is 32.1. The minimum Gasteiger partial charge on any atom is -0.493 e. The Hall–Kier alpha value is -3.81. The van der Waals surface area contributed by atoms with Crippen molar-refractivity contribution >= 4 is 38.1 Å². The van der Waals surface area contributed by atoms with Crippen molar-refractivity contribution in [2.24, 2.45) is 5.92 Å². The molecule has 0 aliphatic rings. The molecule has 0 spiro atoms. The number of H-pyrrole nitrogens is 1. The highest BCUT2D eigenvalue weighted by molar-refractivity contribution is 7.20. The van der Waals surface area contributed by atoms with Gasteiger partial charge in [-0.25, -0.2) is 0 Å². The minimum absolute atomic E-state index is 0. The molecule has 5 rings (SSSR count). The van der Waals surface area contributed by atoms with Crippen LogP contribution in [0.3, 0.4) is 0 Å². The van der Waals surface area contributed by atoms with Gasteiger partial charge in [0.25, 0.3) is 0 Å². The zero-order chi connectivity index (χ0) is 29.2. The number of aromatic amines is 1. The molecule has 0 fully saturated rings. The summed E-state index contributed by atoms with van der Waals surface area (Å²) in [6, 6.07) is 20.3. The smallest absolute Gasteiger partial charge is 0.203 e. The number of hydrogen-bond acceptors (Lipinski definition) is 6. The number of Topliss-reactive ketones (excluding diaryl/α,β-unsaturated/α-hetero) is 1. The number of aliphatic hydroxyl groups excluding tert-OH is 1. The van der Waals surface area contributed by atoms with Crippen molar-refractivity contribution in [1.29, 1.82) is 0 Å². The van der Waals surface area contributed by atoms with E-state index in [-0.39, 0.29) is 19.8 Å². The van der Waals surface area contributed by atoms with Gasteiger partial charge in [0.1, 0.15) is 0 Å². The number of carbonyl (C=O) groups excluding carboxylic acids is 1. The van der Waals surface area contributed by atoms with Gasteiger partial charge in [-0.1, -0.05) is 50.2 Å². The van der Waals surface area contributed by atoms with Crippen molar-refractivity contribution in [1.82, 2.24) is 4.98 Å². The van der Waals surface area contributed by atoms with E-state index >= 15 is 0 Å². The number of ketones is 1. The predicted molar refractivity (Wildman–Crippen MR) is 172 cm³/mol. The van der Waals surface area contributed by atoms with Crippen LogP contribution in [-0.2, 0) is 6.42 Å². The standard InChI is InChI=1S/C12H15NO.C11H10OS.C10H14O3.CH4/c1-9(8-14)6-10-7-13-12-5-3-2-4-11(10)12;1-7-3-4-10-9(5-7)6-11(13-10)8(2)12;1-7-5-8(11-2)10(13-4)9(6-7)12-3;/h2-5,7,9,13-14H,6,8H2,1H3;3-6H,1-2H3;5-6H,1-4H3;1H4. The van der Waals surface area contributed by atoms with Crippen molar-refractivity contribution in [3.63, 3.8) is 0 Å². The van der Waals surface area contributed by atoms with Gasteiger partial charge in [0.2, 0.25) is 5.75 Å². The summed E-state index contributed by atoms with van der Waals surface area (Å²) in [5.41, 5.74) is 4.78. The number of hydrogen-bond donors (Lipinski definition) is 2. The predicted octanol–water partition coefficient (Wildman–Crippen LogP) is 8.41. The Kier molecular flexibility index (Phi) is 12.9. The normalized spacial score (nSPS) is 10.9. The summed E-state index contributed by atoms with van der Waals surface area (Å²) in [6.07, 6.45) is 2.97. The number of aromatic nitrogens is 1. The minimum atomic E-state index is 0. The van der Waals surface area contributed by atoms with E-state index in [2.05, 4.69) is 49.2 Å². The largest absolute Gasteiger partial charge is 0.493 e. The lowest BCUT2D eigenvalue weighted by Gasteiger charge is -2.12. The van der Waals surface area contributed by atoms with Crippen LogP contribution >= 0.6 is 11.3 Å². The first-order valence-corrected chi connectivity index (χ1v) is 14.0. The molecule has 1 unspecified atom stereocenters. The lowest BCUT2D eigenvalue weighted by Crippen LogP contribution is -2.03. The molecule has 41 heavy (non-hydrogen) atoms. The molecule has 2 heterocycles. The highest BCUT2D eigenvalue weighted by Crippen LogP contribution is 2.37. The van der Waals surface area contributed by atoms with Gasteiger partial charge in [0.15, 0.2) is 17.3 Å². The van der Waals surface area contributed by atoms with Crippen molar-refractivity contribution in [3.8, 4) is 17.2 Å². The Labute approximate surface area is 247 Å². The van der Waals surface area contributed by atoms with E-state index in [9.17, 15) is 4.79 Å². The molecule has 220 valence electrons. The molecule has 2 N–H and O–H groups in total. The molecule has 6 nitrogen and oxygen atoms in total. The average molecular weight is 578 g/mol. The molecule has 0 saturated carbocycles. The molecular weight excluding hydrogens is 534 g/mol. The molecule has 0 aliphatic heterocycles. The van der Waals surface area contributed by atoms with E-state index in [1.54, 1.807) is 39.6 Å². The third kappa shape index (κ3) is 8.84. The van der Waals surface area contributed by atoms with Gasteiger partial charge in [-0.2, -0.15) is 0 Å². The molecular formula is C34H43NO5S. The molecule has 1 atom stereocenters. The summed E-state index contributed by atoms with van der Waals surface area (Å²) in [4.78, 5) is 15.2. The van der Waals surface area contributed by atoms with Gasteiger partial charge in [-0.15, -0.1) is 11.3 Å². The van der Waals surface area contributed by atoms with E-state index in [0.29, 0.717) is 23.2 Å². The number of carbonyl (C=O) groups is 1. The van der Waals surface area contributed by atoms with Crippen LogP contribution in [0.2, 0.25) is 0 Å². The van der Waals surface area contributed by atoms with Crippen LogP contribution in [0.15, 0.2) is 66.9 Å². The second-order valence-electron chi connectivity index (χ2n) is 9.76. The van der Waals surface area contributed by atoms with E-state index < -0.39 is 0 Å². The van der Waals surface area contributed by atoms with Crippen molar-refractivity contribution in [2.45, 2.75) is 41.5 Å². The Balaban J connectivity index is 0.000000213. The van der Waals surface area contributed by atoms with Gasteiger partial charge in [0.05, 0.1) is 26.2 Å². The lowest BCUT2D eigenvalue weighted by molar-refractivity contribution is 0.102. The van der Waals surface area contributed by atoms with E-state index in [0.717, 1.165) is 16.9 Å². The number of benzene rings is 3. The molecule has 5 aromatic rings. The summed E-state index contributed by atoms with van der Waals surface area (Å²) in [7, 11) is 4.81. The van der Waals surface area contributed by atoms with Crippen LogP contribution in [0.25, 0.3) is 21.0 Å². The summed E-state index contributed by atoms with van der Waals surface area (Å²) in [5, 5.41) is 11.4. The summed E-state index contributed by atoms with van der Waals surface area (Å²) in [5.74, 6) is 2.50. The lowest BCUT2D eigenvalue weighted by atomic mass is 10.0. The number of ether oxygens (including phenoxy) is 3. The topological polar surface area (TPSA) is 80.8 Å². The summed E-state index contributed by atoms with van der Waals surface area (Å²) >= 11 is 1.56. The van der Waals surface area contributed by atoms with Crippen molar-refractivity contribution in [2.75, 3.05) is 27.9 Å². The second-order valence-corrected chi connectivity index (χ2v) is 10.8. The van der Waals surface area contributed by atoms with E-state index in [4.69, 9.17) is 19.3 Å². The molecule has 0 saturated heterocycles.